The summed E-state index contributed by atoms with van der Waals surface area (Å²) in [5.41, 5.74) is -4.98. The zero-order chi connectivity index (χ0) is 39.9. The third kappa shape index (κ3) is 9.54. The van der Waals surface area contributed by atoms with Gasteiger partial charge in [0.25, 0.3) is 0 Å². The van der Waals surface area contributed by atoms with Crippen LogP contribution < -0.4 is 0 Å². The molecule has 5 N–H and O–H groups in total. The molecule has 15 heteroatoms. The Morgan fingerprint density at radius 3 is 2.04 bits per heavy atom. The van der Waals surface area contributed by atoms with Crippen molar-refractivity contribution in [1.29, 1.82) is 0 Å². The first kappa shape index (κ1) is 45.1. The highest BCUT2D eigenvalue weighted by Crippen LogP contribution is 2.41. The van der Waals surface area contributed by atoms with Gasteiger partial charge < -0.3 is 63.8 Å². The van der Waals surface area contributed by atoms with Gasteiger partial charge >= 0.3 is 5.97 Å². The van der Waals surface area contributed by atoms with Gasteiger partial charge in [0.15, 0.2) is 18.7 Å². The second-order valence-electron chi connectivity index (χ2n) is 16.9. The summed E-state index contributed by atoms with van der Waals surface area (Å²) in [4.78, 5) is 27.9. The Labute approximate surface area is 309 Å². The van der Waals surface area contributed by atoms with Crippen LogP contribution in [-0.4, -0.2) is 147 Å². The molecular formula is C37H67NO14. The molecule has 3 fully saturated rings. The predicted molar refractivity (Wildman–Crippen MR) is 188 cm³/mol. The second-order valence-corrected chi connectivity index (χ2v) is 16.9. The number of Topliss-reactive ketones (excluding diaryl/α,β-unsaturated/α-hetero) is 1. The number of ether oxygens (including phenoxy) is 6. The minimum absolute atomic E-state index is 0.0595. The van der Waals surface area contributed by atoms with Gasteiger partial charge in [-0.1, -0.05) is 27.7 Å². The van der Waals surface area contributed by atoms with Crippen LogP contribution >= 0.6 is 0 Å². The first-order chi connectivity index (χ1) is 23.7. The molecule has 15 nitrogen and oxygen atoms in total. The number of ketones is 1. The average Bonchev–Trinajstić information content (AvgIpc) is 3.05. The molecule has 18 atom stereocenters. The van der Waals surface area contributed by atoms with E-state index in [0.717, 1.165) is 0 Å². The number of aliphatic hydroxyl groups excluding tert-OH is 3. The monoisotopic (exact) mass is 749 g/mol. The number of rotatable bonds is 7. The van der Waals surface area contributed by atoms with Crippen molar-refractivity contribution in [3.8, 4) is 0 Å². The molecule has 1 unspecified atom stereocenters. The van der Waals surface area contributed by atoms with Gasteiger partial charge in [-0.05, 0) is 54.4 Å². The molecule has 0 aromatic rings. The number of aliphatic hydroxyl groups is 5. The highest BCUT2D eigenvalue weighted by Gasteiger charge is 2.54. The molecule has 304 valence electrons. The van der Waals surface area contributed by atoms with Crippen LogP contribution in [0.1, 0.15) is 94.9 Å². The highest BCUT2D eigenvalue weighted by atomic mass is 16.7. The highest BCUT2D eigenvalue weighted by molar-refractivity contribution is 5.83. The summed E-state index contributed by atoms with van der Waals surface area (Å²) in [6, 6.07) is -0.828. The topological polar surface area (TPSA) is 214 Å². The van der Waals surface area contributed by atoms with Crippen molar-refractivity contribution in [3.05, 3.63) is 5.21 Å². The van der Waals surface area contributed by atoms with Crippen LogP contribution in [0.5, 0.6) is 0 Å². The van der Waals surface area contributed by atoms with Crippen LogP contribution in [0.4, 0.5) is 0 Å². The van der Waals surface area contributed by atoms with E-state index in [4.69, 9.17) is 28.4 Å². The van der Waals surface area contributed by atoms with Crippen LogP contribution in [0.2, 0.25) is 0 Å². The zero-order valence-corrected chi connectivity index (χ0v) is 33.3. The van der Waals surface area contributed by atoms with Gasteiger partial charge in [-0.15, -0.1) is 0 Å². The van der Waals surface area contributed by atoms with Crippen molar-refractivity contribution >= 4 is 11.8 Å². The van der Waals surface area contributed by atoms with E-state index in [1.165, 1.54) is 42.0 Å². The Bertz CT molecular complexity index is 1210. The number of esters is 1. The van der Waals surface area contributed by atoms with Gasteiger partial charge in [0.05, 0.1) is 61.7 Å². The van der Waals surface area contributed by atoms with Crippen LogP contribution in [0.3, 0.4) is 0 Å². The summed E-state index contributed by atoms with van der Waals surface area (Å²) < 4.78 is 36.0. The number of hydroxylamine groups is 3. The molecule has 3 aliphatic heterocycles. The molecule has 0 aromatic carbocycles. The normalized spacial score (nSPS) is 49.2. The van der Waals surface area contributed by atoms with Crippen LogP contribution in [-0.2, 0) is 38.0 Å². The number of carbonyl (C=O) groups excluding carboxylic acids is 2. The van der Waals surface area contributed by atoms with Crippen molar-refractivity contribution in [2.24, 2.45) is 23.7 Å². The fourth-order valence-corrected chi connectivity index (χ4v) is 8.52. The number of quaternary nitrogens is 1. The van der Waals surface area contributed by atoms with Crippen molar-refractivity contribution in [3.63, 3.8) is 0 Å². The van der Waals surface area contributed by atoms with Crippen molar-refractivity contribution < 1.29 is 68.2 Å². The minimum Gasteiger partial charge on any atom is -0.633 e. The Morgan fingerprint density at radius 1 is 0.904 bits per heavy atom. The first-order valence-corrected chi connectivity index (χ1v) is 18.7. The molecule has 0 spiro atoms. The van der Waals surface area contributed by atoms with Gasteiger partial charge in [0, 0.05) is 37.7 Å². The van der Waals surface area contributed by atoms with E-state index in [2.05, 4.69) is 0 Å². The van der Waals surface area contributed by atoms with Gasteiger partial charge in [0.2, 0.25) is 0 Å². The molecule has 52 heavy (non-hydrogen) atoms. The van der Waals surface area contributed by atoms with E-state index in [1.54, 1.807) is 48.5 Å². The summed E-state index contributed by atoms with van der Waals surface area (Å²) in [6.45, 7) is 15.9. The quantitative estimate of drug-likeness (QED) is 0.143. The van der Waals surface area contributed by atoms with Gasteiger partial charge in [-0.25, -0.2) is 0 Å². The molecule has 3 aliphatic rings. The molecular weight excluding hydrogens is 682 g/mol. The van der Waals surface area contributed by atoms with Crippen LogP contribution in [0, 0.1) is 28.9 Å². The Morgan fingerprint density at radius 2 is 1.50 bits per heavy atom. The van der Waals surface area contributed by atoms with E-state index in [1.807, 2.05) is 0 Å². The lowest BCUT2D eigenvalue weighted by Gasteiger charge is -2.51. The lowest BCUT2D eigenvalue weighted by molar-refractivity contribution is -0.874. The molecule has 0 aliphatic carbocycles. The number of nitrogens with zero attached hydrogens (tertiary/aromatic N) is 1. The fourth-order valence-electron chi connectivity index (χ4n) is 8.52. The molecule has 3 heterocycles. The van der Waals surface area contributed by atoms with Crippen LogP contribution in [0.25, 0.3) is 0 Å². The molecule has 0 aromatic heterocycles. The number of hydrogen-bond acceptors (Lipinski definition) is 14. The third-order valence-corrected chi connectivity index (χ3v) is 12.0. The first-order valence-electron chi connectivity index (χ1n) is 18.7. The SMILES string of the molecule is CC[C@H]1OC(=O)[C@H](C)[C@@H](O[C@H]2C[C@@](C)(OC)[C@@H](O)[C@H](C)O2)[C@H](C)C(O[C@@H]2O[C@H](C)C[C@H]([N+](C)(C)[O-])[C@H]2O)[C@](C)(O)C[C@@H](C)C(=O)[C@H](C)[C@@H](O)[C@]1(C)O. The number of hydrogen-bond donors (Lipinski definition) is 5. The molecule has 0 saturated carbocycles. The maximum atomic E-state index is 14.1. The summed E-state index contributed by atoms with van der Waals surface area (Å²) in [6.07, 6.45) is -11.1. The second kappa shape index (κ2) is 16.8. The smallest absolute Gasteiger partial charge is 0.311 e. The zero-order valence-electron chi connectivity index (χ0n) is 33.3. The number of carbonyl (C=O) groups is 2. The molecule has 3 saturated heterocycles. The Balaban J connectivity index is 2.20. The Hall–Kier alpha value is -1.34. The van der Waals surface area contributed by atoms with Gasteiger partial charge in [-0.2, -0.15) is 0 Å². The van der Waals surface area contributed by atoms with E-state index >= 15 is 0 Å². The third-order valence-electron chi connectivity index (χ3n) is 12.0. The largest absolute Gasteiger partial charge is 0.633 e. The lowest BCUT2D eigenvalue weighted by Crippen LogP contribution is -2.63. The predicted octanol–water partition coefficient (Wildman–Crippen LogP) is 1.80. The standard InChI is InChI=1S/C37H67NO14/c1-14-25-37(10,45)30(41)20(4)27(39)18(2)16-35(8,44)32(52-34-28(40)24(38(11,12)46)15-19(3)48-34)21(5)29(22(6)33(43)50-25)51-26-17-36(9,47-13)31(42)23(7)49-26/h18-26,28-32,34,40-42,44-45H,14-17H2,1-13H3/t18-,19-,20+,21+,22-,23+,24+,25-,26+,28-,29+,30-,31+,32?,34+,35-,36-,37-/m1/s1. The summed E-state index contributed by atoms with van der Waals surface area (Å²) in [5.74, 6) is -5.27. The van der Waals surface area contributed by atoms with E-state index < -0.39 is 124 Å². The number of cyclic esters (lactones) is 1. The van der Waals surface area contributed by atoms with E-state index in [0.29, 0.717) is 0 Å². The van der Waals surface area contributed by atoms with Gasteiger partial charge in [0.1, 0.15) is 29.6 Å². The molecule has 0 radical (unpaired) electrons. The molecule has 3 rings (SSSR count). The fraction of sp³-hybridized carbons (Fsp3) is 0.946. The van der Waals surface area contributed by atoms with E-state index in [9.17, 15) is 40.3 Å². The summed E-state index contributed by atoms with van der Waals surface area (Å²) in [5, 5.41) is 70.7. The number of likely N-dealkylation sites (N-methyl/N-ethyl adjacent to an activating group) is 1. The summed E-state index contributed by atoms with van der Waals surface area (Å²) in [7, 11) is 4.30. The van der Waals surface area contributed by atoms with Crippen molar-refractivity contribution in [2.45, 2.75) is 179 Å². The molecule has 0 bridgehead atoms. The lowest BCUT2D eigenvalue weighted by atomic mass is 9.74. The van der Waals surface area contributed by atoms with Gasteiger partial charge in [-0.3, -0.25) is 9.59 Å². The maximum absolute atomic E-state index is 14.1. The summed E-state index contributed by atoms with van der Waals surface area (Å²) >= 11 is 0. The van der Waals surface area contributed by atoms with Crippen molar-refractivity contribution in [2.75, 3.05) is 21.2 Å². The van der Waals surface area contributed by atoms with Crippen molar-refractivity contribution in [1.82, 2.24) is 0 Å². The van der Waals surface area contributed by atoms with E-state index in [-0.39, 0.29) is 25.7 Å². The Kier molecular flexibility index (Phi) is 14.6. The molecule has 0 amide bonds. The maximum Gasteiger partial charge on any atom is 0.311 e. The number of methoxy groups -OCH3 is 1. The van der Waals surface area contributed by atoms with Crippen LogP contribution in [0.15, 0.2) is 0 Å². The minimum atomic E-state index is -2.02. The average molecular weight is 750 g/mol.